The maximum atomic E-state index is 13.5. The lowest BCUT2D eigenvalue weighted by molar-refractivity contribution is 0.402. The summed E-state index contributed by atoms with van der Waals surface area (Å²) in [4.78, 5) is 30.7. The zero-order chi connectivity index (χ0) is 21.3. The zero-order valence-corrected chi connectivity index (χ0v) is 16.5. The van der Waals surface area contributed by atoms with E-state index in [-0.39, 0.29) is 28.8 Å². The van der Waals surface area contributed by atoms with Crippen LogP contribution < -0.4 is 21.2 Å². The summed E-state index contributed by atoms with van der Waals surface area (Å²) in [5, 5.41) is 3.89. The standard InChI is InChI=1S/C21H16ClFN4O3/c1-30-18-11-27(10-12-5-7-15(23)14(22)9-12)21(26-20(18)29)25-17-4-2-3-16-13(17)6-8-19(28)24-16/h2-9,11H,10H2,1H3,(H,24,28)(H,25,26,29). The van der Waals surface area contributed by atoms with Gasteiger partial charge >= 0.3 is 5.56 Å². The quantitative estimate of drug-likeness (QED) is 0.508. The molecule has 0 amide bonds. The van der Waals surface area contributed by atoms with Crippen molar-refractivity contribution in [2.45, 2.75) is 6.54 Å². The van der Waals surface area contributed by atoms with Crippen molar-refractivity contribution in [2.24, 2.45) is 0 Å². The van der Waals surface area contributed by atoms with Gasteiger partial charge in [-0.1, -0.05) is 23.7 Å². The van der Waals surface area contributed by atoms with Gasteiger partial charge in [-0.05, 0) is 35.9 Å². The Kier molecular flexibility index (Phi) is 5.24. The molecule has 30 heavy (non-hydrogen) atoms. The summed E-state index contributed by atoms with van der Waals surface area (Å²) < 4.78 is 20.3. The van der Waals surface area contributed by atoms with Gasteiger partial charge in [0.25, 0.3) is 0 Å². The van der Waals surface area contributed by atoms with Crippen LogP contribution in [0.5, 0.6) is 5.75 Å². The number of hydrogen-bond acceptors (Lipinski definition) is 5. The Labute approximate surface area is 174 Å². The van der Waals surface area contributed by atoms with Crippen molar-refractivity contribution in [2.75, 3.05) is 12.4 Å². The fraction of sp³-hybridized carbons (Fsp3) is 0.0952. The molecule has 2 heterocycles. The second-order valence-corrected chi connectivity index (χ2v) is 6.94. The number of rotatable bonds is 5. The van der Waals surface area contributed by atoms with Crippen LogP contribution >= 0.6 is 11.6 Å². The molecule has 0 aliphatic carbocycles. The van der Waals surface area contributed by atoms with E-state index in [0.717, 1.165) is 5.39 Å². The number of hydrogen-bond donors (Lipinski definition) is 2. The Balaban J connectivity index is 1.79. The summed E-state index contributed by atoms with van der Waals surface area (Å²) in [6.07, 6.45) is 1.52. The average Bonchev–Trinajstić information content (AvgIpc) is 2.72. The number of benzene rings is 2. The predicted octanol–water partition coefficient (Wildman–Crippen LogP) is 3.68. The molecule has 0 radical (unpaired) electrons. The van der Waals surface area contributed by atoms with Gasteiger partial charge in [0, 0.05) is 11.5 Å². The zero-order valence-electron chi connectivity index (χ0n) is 15.8. The SMILES string of the molecule is COc1cn(Cc2ccc(F)c(Cl)c2)c(Nc2cccc3[nH]c(=O)ccc23)nc1=O. The van der Waals surface area contributed by atoms with E-state index in [4.69, 9.17) is 16.3 Å². The van der Waals surface area contributed by atoms with Gasteiger partial charge in [0.2, 0.25) is 17.3 Å². The van der Waals surface area contributed by atoms with Crippen LogP contribution in [0.15, 0.2) is 64.3 Å². The molecule has 152 valence electrons. The Morgan fingerprint density at radius 3 is 2.80 bits per heavy atom. The molecule has 0 bridgehead atoms. The molecule has 2 N–H and O–H groups in total. The minimum absolute atomic E-state index is 0.000913. The Morgan fingerprint density at radius 2 is 2.03 bits per heavy atom. The first-order valence-corrected chi connectivity index (χ1v) is 9.31. The number of halogens is 2. The lowest BCUT2D eigenvalue weighted by Crippen LogP contribution is -2.19. The highest BCUT2D eigenvalue weighted by atomic mass is 35.5. The highest BCUT2D eigenvalue weighted by Crippen LogP contribution is 2.25. The number of H-pyrrole nitrogens is 1. The van der Waals surface area contributed by atoms with Crippen molar-refractivity contribution >= 4 is 34.1 Å². The van der Waals surface area contributed by atoms with E-state index < -0.39 is 11.4 Å². The van der Waals surface area contributed by atoms with Crippen LogP contribution in [0.3, 0.4) is 0 Å². The van der Waals surface area contributed by atoms with Crippen molar-refractivity contribution in [3.63, 3.8) is 0 Å². The van der Waals surface area contributed by atoms with Crippen LogP contribution in [-0.2, 0) is 6.54 Å². The molecule has 0 saturated heterocycles. The van der Waals surface area contributed by atoms with Crippen LogP contribution in [0.4, 0.5) is 16.0 Å². The molecule has 0 unspecified atom stereocenters. The van der Waals surface area contributed by atoms with Gasteiger partial charge in [0.1, 0.15) is 5.82 Å². The molecule has 0 aliphatic heterocycles. The number of nitrogens with zero attached hydrogens (tertiary/aromatic N) is 2. The summed E-state index contributed by atoms with van der Waals surface area (Å²) in [5.41, 5.74) is 1.24. The molecule has 4 rings (SSSR count). The molecule has 7 nitrogen and oxygen atoms in total. The second-order valence-electron chi connectivity index (χ2n) is 6.53. The number of methoxy groups -OCH3 is 1. The third-order valence-electron chi connectivity index (χ3n) is 4.53. The molecule has 0 atom stereocenters. The monoisotopic (exact) mass is 426 g/mol. The first-order chi connectivity index (χ1) is 14.4. The number of ether oxygens (including phenoxy) is 1. The molecule has 2 aromatic heterocycles. The third kappa shape index (κ3) is 3.90. The number of aromatic amines is 1. The second kappa shape index (κ2) is 8.00. The van der Waals surface area contributed by atoms with E-state index in [9.17, 15) is 14.0 Å². The number of nitrogens with one attached hydrogen (secondary N) is 2. The van der Waals surface area contributed by atoms with Crippen LogP contribution in [0, 0.1) is 5.82 Å². The van der Waals surface area contributed by atoms with Crippen LogP contribution in [0.2, 0.25) is 5.02 Å². The minimum atomic E-state index is -0.540. The molecule has 0 saturated carbocycles. The van der Waals surface area contributed by atoms with Crippen molar-refractivity contribution in [3.8, 4) is 5.75 Å². The van der Waals surface area contributed by atoms with Gasteiger partial charge < -0.3 is 19.6 Å². The first-order valence-electron chi connectivity index (χ1n) is 8.93. The molecule has 4 aromatic rings. The molecular weight excluding hydrogens is 411 g/mol. The molecule has 9 heteroatoms. The van der Waals surface area contributed by atoms with Crippen LogP contribution in [-0.4, -0.2) is 21.6 Å². The summed E-state index contributed by atoms with van der Waals surface area (Å²) in [6.45, 7) is 0.258. The molecule has 0 aliphatic rings. The van der Waals surface area contributed by atoms with Gasteiger partial charge in [-0.25, -0.2) is 4.39 Å². The van der Waals surface area contributed by atoms with Gasteiger partial charge in [-0.3, -0.25) is 9.59 Å². The van der Waals surface area contributed by atoms with Crippen LogP contribution in [0.1, 0.15) is 5.56 Å². The maximum absolute atomic E-state index is 13.5. The molecule has 2 aromatic carbocycles. The maximum Gasteiger partial charge on any atom is 0.316 e. The van der Waals surface area contributed by atoms with Gasteiger partial charge in [0.15, 0.2) is 0 Å². The predicted molar refractivity (Wildman–Crippen MR) is 113 cm³/mol. The molecular formula is C21H16ClFN4O3. The molecule has 0 spiro atoms. The van der Waals surface area contributed by atoms with Gasteiger partial charge in [-0.2, -0.15) is 4.98 Å². The Bertz CT molecular complexity index is 1370. The number of anilines is 2. The number of fused-ring (bicyclic) bond motifs is 1. The minimum Gasteiger partial charge on any atom is -0.490 e. The summed E-state index contributed by atoms with van der Waals surface area (Å²) >= 11 is 5.89. The van der Waals surface area contributed by atoms with Gasteiger partial charge in [-0.15, -0.1) is 0 Å². The van der Waals surface area contributed by atoms with E-state index in [1.807, 2.05) is 0 Å². The fourth-order valence-corrected chi connectivity index (χ4v) is 3.29. The van der Waals surface area contributed by atoms with Crippen molar-refractivity contribution in [1.29, 1.82) is 0 Å². The highest BCUT2D eigenvalue weighted by molar-refractivity contribution is 6.30. The lowest BCUT2D eigenvalue weighted by atomic mass is 10.2. The lowest BCUT2D eigenvalue weighted by Gasteiger charge is -2.16. The van der Waals surface area contributed by atoms with E-state index in [2.05, 4.69) is 15.3 Å². The normalized spacial score (nSPS) is 10.9. The van der Waals surface area contributed by atoms with E-state index in [1.54, 1.807) is 34.9 Å². The van der Waals surface area contributed by atoms with E-state index in [1.165, 1.54) is 31.5 Å². The topological polar surface area (TPSA) is 89.0 Å². The Morgan fingerprint density at radius 1 is 1.20 bits per heavy atom. The van der Waals surface area contributed by atoms with Crippen molar-refractivity contribution < 1.29 is 9.13 Å². The summed E-state index contributed by atoms with van der Waals surface area (Å²) in [6, 6.07) is 12.8. The van der Waals surface area contributed by atoms with Gasteiger partial charge in [0.05, 0.1) is 36.1 Å². The summed E-state index contributed by atoms with van der Waals surface area (Å²) in [7, 11) is 1.38. The largest absolute Gasteiger partial charge is 0.490 e. The average molecular weight is 427 g/mol. The smallest absolute Gasteiger partial charge is 0.316 e. The van der Waals surface area contributed by atoms with Crippen molar-refractivity contribution in [1.82, 2.24) is 14.5 Å². The van der Waals surface area contributed by atoms with Crippen molar-refractivity contribution in [3.05, 3.63) is 91.8 Å². The first kappa shape index (κ1) is 19.7. The fourth-order valence-electron chi connectivity index (χ4n) is 3.09. The third-order valence-corrected chi connectivity index (χ3v) is 4.82. The van der Waals surface area contributed by atoms with Crippen LogP contribution in [0.25, 0.3) is 10.9 Å². The highest BCUT2D eigenvalue weighted by Gasteiger charge is 2.12. The van der Waals surface area contributed by atoms with E-state index >= 15 is 0 Å². The Hall–Kier alpha value is -3.65. The van der Waals surface area contributed by atoms with E-state index in [0.29, 0.717) is 16.8 Å². The molecule has 0 fully saturated rings. The summed E-state index contributed by atoms with van der Waals surface area (Å²) in [5.74, 6) is -0.199. The number of pyridine rings is 1. The number of aromatic nitrogens is 3.